The van der Waals surface area contributed by atoms with Crippen molar-refractivity contribution in [2.24, 2.45) is 17.2 Å². The van der Waals surface area contributed by atoms with E-state index in [0.717, 1.165) is 38.8 Å². The minimum absolute atomic E-state index is 0.184. The summed E-state index contributed by atoms with van der Waals surface area (Å²) < 4.78 is 0. The van der Waals surface area contributed by atoms with E-state index in [1.165, 1.54) is 101 Å². The van der Waals surface area contributed by atoms with Crippen LogP contribution in [0.25, 0.3) is 0 Å². The normalized spacial score (nSPS) is 14.2. The monoisotopic (exact) mass is 516 g/mol. The standard InChI is InChI=1S/C21H40N2O2.C8H8N2O2/c22-20(24)16-12-8-4-1-2-5-9-13-17-21(25)23-18-14-10-6-3-7-11-15-19-23;9-7(11)5-1-2-6(4-3-5)8(10)12/h1-19H2,(H2,22,24);1-4H,(H2,9,11)(H2,10,12). The number of nitrogens with zero attached hydrogens (tertiary/aromatic N) is 1. The summed E-state index contributed by atoms with van der Waals surface area (Å²) in [5, 5.41) is 0. The molecule has 0 saturated carbocycles. The third-order valence-corrected chi connectivity index (χ3v) is 6.73. The van der Waals surface area contributed by atoms with E-state index >= 15 is 0 Å². The molecule has 0 atom stereocenters. The number of benzene rings is 1. The molecule has 1 aliphatic heterocycles. The smallest absolute Gasteiger partial charge is 0.248 e. The molecule has 0 spiro atoms. The van der Waals surface area contributed by atoms with Gasteiger partial charge in [0.2, 0.25) is 23.6 Å². The molecule has 0 aromatic heterocycles. The summed E-state index contributed by atoms with van der Waals surface area (Å²) in [5.74, 6) is -0.847. The van der Waals surface area contributed by atoms with Gasteiger partial charge in [0.05, 0.1) is 0 Å². The van der Waals surface area contributed by atoms with Gasteiger partial charge in [0, 0.05) is 37.1 Å². The Morgan fingerprint density at radius 3 is 1.27 bits per heavy atom. The van der Waals surface area contributed by atoms with Crippen LogP contribution in [0.15, 0.2) is 24.3 Å². The highest BCUT2D eigenvalue weighted by Gasteiger charge is 2.13. The van der Waals surface area contributed by atoms with Gasteiger partial charge in [-0.3, -0.25) is 19.2 Å². The topological polar surface area (TPSA) is 150 Å². The number of hydrogen-bond acceptors (Lipinski definition) is 4. The number of nitrogens with two attached hydrogens (primary N) is 3. The molecule has 8 nitrogen and oxygen atoms in total. The highest BCUT2D eigenvalue weighted by Crippen LogP contribution is 2.14. The summed E-state index contributed by atoms with van der Waals surface area (Å²) in [6, 6.07) is 5.84. The van der Waals surface area contributed by atoms with Crippen molar-refractivity contribution < 1.29 is 19.2 Å². The number of rotatable bonds is 13. The van der Waals surface area contributed by atoms with Crippen molar-refractivity contribution in [2.45, 2.75) is 109 Å². The zero-order chi connectivity index (χ0) is 27.3. The fraction of sp³-hybridized carbons (Fsp3) is 0.655. The van der Waals surface area contributed by atoms with Crippen molar-refractivity contribution in [3.8, 4) is 0 Å². The summed E-state index contributed by atoms with van der Waals surface area (Å²) >= 11 is 0. The van der Waals surface area contributed by atoms with Crippen LogP contribution in [-0.4, -0.2) is 41.6 Å². The van der Waals surface area contributed by atoms with Crippen LogP contribution in [-0.2, 0) is 9.59 Å². The van der Waals surface area contributed by atoms with Gasteiger partial charge in [0.1, 0.15) is 0 Å². The minimum atomic E-state index is -0.522. The van der Waals surface area contributed by atoms with Gasteiger partial charge in [0.25, 0.3) is 0 Å². The number of primary amides is 3. The fourth-order valence-corrected chi connectivity index (χ4v) is 4.44. The number of amides is 4. The lowest BCUT2D eigenvalue weighted by molar-refractivity contribution is -0.131. The van der Waals surface area contributed by atoms with Crippen LogP contribution in [0, 0.1) is 0 Å². The van der Waals surface area contributed by atoms with Gasteiger partial charge >= 0.3 is 0 Å². The fourth-order valence-electron chi connectivity index (χ4n) is 4.44. The van der Waals surface area contributed by atoms with E-state index in [9.17, 15) is 19.2 Å². The Kier molecular flexibility index (Phi) is 17.5. The summed E-state index contributed by atoms with van der Waals surface area (Å²) in [6.07, 6.45) is 19.4. The van der Waals surface area contributed by atoms with Crippen molar-refractivity contribution in [1.82, 2.24) is 4.90 Å². The van der Waals surface area contributed by atoms with Gasteiger partial charge in [-0.15, -0.1) is 0 Å². The molecular formula is C29H48N4O4. The van der Waals surface area contributed by atoms with Gasteiger partial charge in [-0.2, -0.15) is 0 Å². The molecule has 1 fully saturated rings. The Morgan fingerprint density at radius 1 is 0.541 bits per heavy atom. The summed E-state index contributed by atoms with van der Waals surface area (Å²) in [4.78, 5) is 46.4. The van der Waals surface area contributed by atoms with Crippen LogP contribution in [0.4, 0.5) is 0 Å². The van der Waals surface area contributed by atoms with Crippen molar-refractivity contribution in [2.75, 3.05) is 13.1 Å². The lowest BCUT2D eigenvalue weighted by atomic mass is 10.0. The Balaban J connectivity index is 0.000000474. The third-order valence-electron chi connectivity index (χ3n) is 6.73. The van der Waals surface area contributed by atoms with E-state index in [-0.39, 0.29) is 5.91 Å². The Morgan fingerprint density at radius 2 is 0.892 bits per heavy atom. The van der Waals surface area contributed by atoms with Crippen molar-refractivity contribution >= 4 is 23.6 Å². The molecule has 1 aromatic rings. The van der Waals surface area contributed by atoms with Crippen LogP contribution in [0.2, 0.25) is 0 Å². The molecule has 6 N–H and O–H groups in total. The summed E-state index contributed by atoms with van der Waals surface area (Å²) in [7, 11) is 0. The molecule has 1 heterocycles. The zero-order valence-corrected chi connectivity index (χ0v) is 22.6. The molecule has 37 heavy (non-hydrogen) atoms. The largest absolute Gasteiger partial charge is 0.370 e. The van der Waals surface area contributed by atoms with Gasteiger partial charge in [0.15, 0.2) is 0 Å². The molecule has 0 radical (unpaired) electrons. The quantitative estimate of drug-likeness (QED) is 0.322. The van der Waals surface area contributed by atoms with E-state index in [1.807, 2.05) is 0 Å². The Hall–Kier alpha value is -2.90. The van der Waals surface area contributed by atoms with Crippen LogP contribution in [0.3, 0.4) is 0 Å². The van der Waals surface area contributed by atoms with E-state index in [1.54, 1.807) is 0 Å². The van der Waals surface area contributed by atoms with Crippen LogP contribution in [0.1, 0.15) is 130 Å². The number of carbonyl (C=O) groups is 4. The van der Waals surface area contributed by atoms with Crippen LogP contribution < -0.4 is 17.2 Å². The number of carbonyl (C=O) groups excluding carboxylic acids is 4. The van der Waals surface area contributed by atoms with E-state index < -0.39 is 11.8 Å². The second-order valence-corrected chi connectivity index (χ2v) is 9.96. The lowest BCUT2D eigenvalue weighted by Gasteiger charge is -2.24. The highest BCUT2D eigenvalue weighted by atomic mass is 16.2. The predicted molar refractivity (Wildman–Crippen MR) is 148 cm³/mol. The third kappa shape index (κ3) is 16.5. The molecule has 208 valence electrons. The van der Waals surface area contributed by atoms with Crippen LogP contribution >= 0.6 is 0 Å². The predicted octanol–water partition coefficient (Wildman–Crippen LogP) is 4.83. The lowest BCUT2D eigenvalue weighted by Crippen LogP contribution is -2.33. The zero-order valence-electron chi connectivity index (χ0n) is 22.6. The Bertz CT molecular complexity index is 768. The first-order valence-corrected chi connectivity index (χ1v) is 14.1. The first kappa shape index (κ1) is 32.1. The van der Waals surface area contributed by atoms with E-state index in [2.05, 4.69) is 4.90 Å². The molecule has 0 unspecified atom stereocenters. The van der Waals surface area contributed by atoms with Crippen molar-refractivity contribution in [3.63, 3.8) is 0 Å². The van der Waals surface area contributed by atoms with Gasteiger partial charge in [-0.25, -0.2) is 0 Å². The number of unbranched alkanes of at least 4 members (excludes halogenated alkanes) is 7. The van der Waals surface area contributed by atoms with E-state index in [4.69, 9.17) is 17.2 Å². The van der Waals surface area contributed by atoms with Gasteiger partial charge in [-0.1, -0.05) is 70.6 Å². The molecule has 0 bridgehead atoms. The van der Waals surface area contributed by atoms with Gasteiger partial charge in [-0.05, 0) is 49.9 Å². The van der Waals surface area contributed by atoms with Gasteiger partial charge < -0.3 is 22.1 Å². The maximum absolute atomic E-state index is 12.4. The maximum Gasteiger partial charge on any atom is 0.248 e. The second-order valence-electron chi connectivity index (χ2n) is 9.96. The molecule has 8 heteroatoms. The maximum atomic E-state index is 12.4. The van der Waals surface area contributed by atoms with Crippen molar-refractivity contribution in [3.05, 3.63) is 35.4 Å². The first-order valence-electron chi connectivity index (χ1n) is 14.1. The van der Waals surface area contributed by atoms with Crippen LogP contribution in [0.5, 0.6) is 0 Å². The number of hydrogen-bond donors (Lipinski definition) is 3. The molecule has 1 saturated heterocycles. The second kappa shape index (κ2) is 20.2. The minimum Gasteiger partial charge on any atom is -0.370 e. The summed E-state index contributed by atoms with van der Waals surface area (Å²) in [5.41, 5.74) is 15.8. The first-order chi connectivity index (χ1) is 17.8. The SMILES string of the molecule is NC(=O)CCCCCCCCCCC(=O)N1CCCCCCCCC1.NC(=O)c1ccc(C(N)=O)cc1. The molecular weight excluding hydrogens is 468 g/mol. The average molecular weight is 517 g/mol. The molecule has 2 rings (SSSR count). The molecule has 1 aromatic carbocycles. The Labute approximate surface area is 222 Å². The molecule has 4 amide bonds. The molecule has 0 aliphatic carbocycles. The highest BCUT2D eigenvalue weighted by molar-refractivity contribution is 5.96. The van der Waals surface area contributed by atoms with Crippen molar-refractivity contribution in [1.29, 1.82) is 0 Å². The average Bonchev–Trinajstić information content (AvgIpc) is 2.88. The molecule has 1 aliphatic rings. The van der Waals surface area contributed by atoms with E-state index in [0.29, 0.717) is 23.5 Å². The summed E-state index contributed by atoms with van der Waals surface area (Å²) in [6.45, 7) is 1.95.